The molecule has 0 spiro atoms. The summed E-state index contributed by atoms with van der Waals surface area (Å²) in [6, 6.07) is 4.11. The van der Waals surface area contributed by atoms with Crippen molar-refractivity contribution in [2.75, 3.05) is 25.1 Å². The van der Waals surface area contributed by atoms with Gasteiger partial charge in [-0.25, -0.2) is 4.68 Å². The van der Waals surface area contributed by atoms with Gasteiger partial charge in [-0.15, -0.1) is 15.3 Å². The van der Waals surface area contributed by atoms with Gasteiger partial charge in [-0.2, -0.15) is 0 Å². The summed E-state index contributed by atoms with van der Waals surface area (Å²) in [5, 5.41) is 19.4. The van der Waals surface area contributed by atoms with Gasteiger partial charge < -0.3 is 9.64 Å². The Bertz CT molecular complexity index is 943. The Labute approximate surface area is 167 Å². The van der Waals surface area contributed by atoms with Gasteiger partial charge in [0.05, 0.1) is 18.3 Å². The molecular formula is C19H23N7OS. The zero-order valence-corrected chi connectivity index (χ0v) is 16.8. The first-order valence-electron chi connectivity index (χ1n) is 9.61. The van der Waals surface area contributed by atoms with Crippen molar-refractivity contribution in [1.29, 1.82) is 0 Å². The summed E-state index contributed by atoms with van der Waals surface area (Å²) in [5.74, 6) is 1.22. The molecule has 0 aromatic carbocycles. The average molecular weight is 398 g/mol. The predicted molar refractivity (Wildman–Crippen MR) is 106 cm³/mol. The number of aromatic nitrogens is 6. The Balaban J connectivity index is 1.36. The smallest absolute Gasteiger partial charge is 0.208 e. The summed E-state index contributed by atoms with van der Waals surface area (Å²) >= 11 is 1.67. The van der Waals surface area contributed by atoms with E-state index >= 15 is 0 Å². The maximum absolute atomic E-state index is 5.88. The Morgan fingerprint density at radius 1 is 1.07 bits per heavy atom. The van der Waals surface area contributed by atoms with Gasteiger partial charge in [0, 0.05) is 38.2 Å². The molecule has 0 unspecified atom stereocenters. The minimum Gasteiger partial charge on any atom is -0.379 e. The number of hydrogen-bond acceptors (Lipinski definition) is 8. The van der Waals surface area contributed by atoms with E-state index in [9.17, 15) is 0 Å². The van der Waals surface area contributed by atoms with Gasteiger partial charge in [0.15, 0.2) is 0 Å². The third-order valence-electron chi connectivity index (χ3n) is 6.00. The van der Waals surface area contributed by atoms with Crippen LogP contribution in [0.1, 0.15) is 23.9 Å². The molecule has 5 rings (SSSR count). The van der Waals surface area contributed by atoms with Crippen molar-refractivity contribution in [3.63, 3.8) is 0 Å². The van der Waals surface area contributed by atoms with Crippen LogP contribution in [0, 0.1) is 18.8 Å². The first-order chi connectivity index (χ1) is 13.7. The Morgan fingerprint density at radius 3 is 2.57 bits per heavy atom. The van der Waals surface area contributed by atoms with Crippen LogP contribution in [0.4, 0.5) is 5.13 Å². The van der Waals surface area contributed by atoms with E-state index < -0.39 is 0 Å². The third-order valence-corrected chi connectivity index (χ3v) is 6.90. The van der Waals surface area contributed by atoms with Crippen molar-refractivity contribution in [3.8, 4) is 11.3 Å². The molecule has 146 valence electrons. The highest BCUT2D eigenvalue weighted by molar-refractivity contribution is 7.15. The SMILES string of the molecule is CO[C@@H]1C[C@H]2CN(c3nnc(C)s3)C[C@H]2C[C@H]1n1cc(-c2ccncc2)nn1. The van der Waals surface area contributed by atoms with E-state index in [0.29, 0.717) is 11.8 Å². The van der Waals surface area contributed by atoms with Crippen molar-refractivity contribution in [2.45, 2.75) is 31.9 Å². The minimum absolute atomic E-state index is 0.143. The average Bonchev–Trinajstić information content (AvgIpc) is 3.46. The second kappa shape index (κ2) is 7.21. The number of anilines is 1. The molecule has 1 saturated carbocycles. The Morgan fingerprint density at radius 2 is 1.86 bits per heavy atom. The number of ether oxygens (including phenoxy) is 1. The number of nitrogens with zero attached hydrogens (tertiary/aromatic N) is 7. The molecule has 4 heterocycles. The van der Waals surface area contributed by atoms with Crippen molar-refractivity contribution in [2.24, 2.45) is 11.8 Å². The van der Waals surface area contributed by atoms with E-state index in [4.69, 9.17) is 4.74 Å². The zero-order valence-electron chi connectivity index (χ0n) is 16.0. The van der Waals surface area contributed by atoms with Crippen LogP contribution in [0.25, 0.3) is 11.3 Å². The molecule has 4 atom stereocenters. The van der Waals surface area contributed by atoms with Gasteiger partial charge in [0.2, 0.25) is 5.13 Å². The highest BCUT2D eigenvalue weighted by Crippen LogP contribution is 2.43. The van der Waals surface area contributed by atoms with Gasteiger partial charge in [-0.3, -0.25) is 4.98 Å². The number of methoxy groups -OCH3 is 1. The highest BCUT2D eigenvalue weighted by atomic mass is 32.1. The topological polar surface area (TPSA) is 81.9 Å². The molecule has 0 radical (unpaired) electrons. The van der Waals surface area contributed by atoms with Crippen molar-refractivity contribution in [1.82, 2.24) is 30.2 Å². The lowest BCUT2D eigenvalue weighted by molar-refractivity contribution is -0.00541. The van der Waals surface area contributed by atoms with Crippen LogP contribution in [-0.4, -0.2) is 56.5 Å². The second-order valence-corrected chi connectivity index (χ2v) is 8.82. The fraction of sp³-hybridized carbons (Fsp3) is 0.526. The zero-order chi connectivity index (χ0) is 19.1. The van der Waals surface area contributed by atoms with Gasteiger partial charge in [0.25, 0.3) is 0 Å². The van der Waals surface area contributed by atoms with Crippen molar-refractivity contribution < 1.29 is 4.74 Å². The standard InChI is InChI=1S/C19H23N7OS/c1-12-21-23-19(28-12)25-9-14-7-17(18(27-2)8-15(14)10-25)26-11-16(22-24-26)13-3-5-20-6-4-13/h3-6,11,14-15,17-18H,7-10H2,1-2H3/t14-,15+,17-,18-/m1/s1. The molecule has 0 bridgehead atoms. The predicted octanol–water partition coefficient (Wildman–Crippen LogP) is 2.60. The molecule has 1 aliphatic heterocycles. The van der Waals surface area contributed by atoms with Gasteiger partial charge in [0.1, 0.15) is 10.7 Å². The monoisotopic (exact) mass is 397 g/mol. The summed E-state index contributed by atoms with van der Waals surface area (Å²) < 4.78 is 7.88. The van der Waals surface area contributed by atoms with Crippen LogP contribution in [0.5, 0.6) is 0 Å². The van der Waals surface area contributed by atoms with E-state index in [1.807, 2.05) is 29.9 Å². The molecule has 28 heavy (non-hydrogen) atoms. The molecule has 3 aromatic heterocycles. The first kappa shape index (κ1) is 17.7. The molecule has 8 nitrogen and oxygen atoms in total. The number of pyridine rings is 1. The van der Waals surface area contributed by atoms with Crippen LogP contribution in [-0.2, 0) is 4.74 Å². The van der Waals surface area contributed by atoms with E-state index in [1.54, 1.807) is 30.8 Å². The maximum atomic E-state index is 5.88. The lowest BCUT2D eigenvalue weighted by atomic mass is 9.77. The highest BCUT2D eigenvalue weighted by Gasteiger charge is 2.44. The molecule has 1 saturated heterocycles. The molecule has 0 N–H and O–H groups in total. The number of hydrogen-bond donors (Lipinski definition) is 0. The quantitative estimate of drug-likeness (QED) is 0.669. The summed E-state index contributed by atoms with van der Waals surface area (Å²) in [6.07, 6.45) is 7.80. The lowest BCUT2D eigenvalue weighted by Gasteiger charge is -2.36. The van der Waals surface area contributed by atoms with Crippen molar-refractivity contribution >= 4 is 16.5 Å². The summed E-state index contributed by atoms with van der Waals surface area (Å²) in [4.78, 5) is 6.46. The van der Waals surface area contributed by atoms with Crippen LogP contribution >= 0.6 is 11.3 Å². The largest absolute Gasteiger partial charge is 0.379 e. The number of rotatable bonds is 4. The van der Waals surface area contributed by atoms with E-state index in [0.717, 1.165) is 47.3 Å². The van der Waals surface area contributed by atoms with Crippen molar-refractivity contribution in [3.05, 3.63) is 35.7 Å². The molecule has 2 fully saturated rings. The van der Waals surface area contributed by atoms with Crippen LogP contribution in [0.2, 0.25) is 0 Å². The van der Waals surface area contributed by atoms with Gasteiger partial charge >= 0.3 is 0 Å². The molecule has 0 amide bonds. The van der Waals surface area contributed by atoms with Crippen LogP contribution in [0.3, 0.4) is 0 Å². The molecule has 9 heteroatoms. The summed E-state index contributed by atoms with van der Waals surface area (Å²) in [6.45, 7) is 4.07. The Kier molecular flexibility index (Phi) is 4.56. The normalized spacial score (nSPS) is 27.1. The molecule has 2 aliphatic rings. The lowest BCUT2D eigenvalue weighted by Crippen LogP contribution is -2.37. The van der Waals surface area contributed by atoms with Gasteiger partial charge in [-0.1, -0.05) is 16.6 Å². The Hall–Kier alpha value is -2.39. The maximum Gasteiger partial charge on any atom is 0.208 e. The third kappa shape index (κ3) is 3.18. The van der Waals surface area contributed by atoms with E-state index in [2.05, 4.69) is 30.4 Å². The first-order valence-corrected chi connectivity index (χ1v) is 10.4. The number of aryl methyl sites for hydroxylation is 1. The fourth-order valence-electron chi connectivity index (χ4n) is 4.59. The summed E-state index contributed by atoms with van der Waals surface area (Å²) in [5.41, 5.74) is 1.90. The second-order valence-electron chi connectivity index (χ2n) is 7.66. The molecule has 1 aliphatic carbocycles. The van der Waals surface area contributed by atoms with E-state index in [-0.39, 0.29) is 12.1 Å². The fourth-order valence-corrected chi connectivity index (χ4v) is 5.29. The van der Waals surface area contributed by atoms with Crippen LogP contribution < -0.4 is 4.90 Å². The van der Waals surface area contributed by atoms with Gasteiger partial charge in [-0.05, 0) is 43.7 Å². The summed E-state index contributed by atoms with van der Waals surface area (Å²) in [7, 11) is 1.81. The number of fused-ring (bicyclic) bond motifs is 1. The minimum atomic E-state index is 0.143. The van der Waals surface area contributed by atoms with E-state index in [1.165, 1.54) is 0 Å². The molecular weight excluding hydrogens is 374 g/mol. The van der Waals surface area contributed by atoms with Crippen LogP contribution in [0.15, 0.2) is 30.7 Å². The molecule has 3 aromatic rings.